The number of carboxylic acids is 1. The van der Waals surface area contributed by atoms with Crippen molar-refractivity contribution < 1.29 is 14.7 Å². The number of carboxylic acid groups (broad SMARTS) is 1. The summed E-state index contributed by atoms with van der Waals surface area (Å²) in [6.45, 7) is 7.10. The number of hydrogen-bond acceptors (Lipinski definition) is 2. The van der Waals surface area contributed by atoms with Gasteiger partial charge in [0.2, 0.25) is 0 Å². The van der Waals surface area contributed by atoms with E-state index in [0.717, 1.165) is 0 Å². The minimum Gasteiger partial charge on any atom is -0.478 e. The number of carbonyl (C=O) groups is 2. The number of aromatic carboxylic acids is 1. The van der Waals surface area contributed by atoms with Gasteiger partial charge in [0.1, 0.15) is 0 Å². The lowest BCUT2D eigenvalue weighted by molar-refractivity contribution is 0.0697. The summed E-state index contributed by atoms with van der Waals surface area (Å²) in [7, 11) is 0. The van der Waals surface area contributed by atoms with Crippen molar-refractivity contribution in [3.63, 3.8) is 0 Å². The van der Waals surface area contributed by atoms with Crippen molar-refractivity contribution in [2.24, 2.45) is 0 Å². The zero-order valence-electron chi connectivity index (χ0n) is 10.4. The summed E-state index contributed by atoms with van der Waals surface area (Å²) in [5.74, 6) is -0.991. The number of nitrogens with one attached hydrogen (secondary N) is 2. The maximum absolute atomic E-state index is 11.6. The smallest absolute Gasteiger partial charge is 0.335 e. The second kappa shape index (κ2) is 5.86. The Morgan fingerprint density at radius 3 is 2.61 bits per heavy atom. The van der Waals surface area contributed by atoms with Crippen molar-refractivity contribution in [2.75, 3.05) is 5.32 Å². The lowest BCUT2D eigenvalue weighted by Crippen LogP contribution is -2.34. The molecule has 0 bridgehead atoms. The molecule has 1 atom stereocenters. The molecule has 5 nitrogen and oxygen atoms in total. The van der Waals surface area contributed by atoms with Gasteiger partial charge in [-0.15, -0.1) is 6.58 Å². The molecule has 0 saturated carbocycles. The average Bonchev–Trinajstić information content (AvgIpc) is 2.31. The van der Waals surface area contributed by atoms with Crippen molar-refractivity contribution in [1.82, 2.24) is 5.32 Å². The van der Waals surface area contributed by atoms with Gasteiger partial charge in [0.25, 0.3) is 0 Å². The Labute approximate surface area is 106 Å². The monoisotopic (exact) mass is 248 g/mol. The highest BCUT2D eigenvalue weighted by atomic mass is 16.4. The molecule has 0 heterocycles. The molecule has 18 heavy (non-hydrogen) atoms. The number of hydrogen-bond donors (Lipinski definition) is 3. The quantitative estimate of drug-likeness (QED) is 0.716. The van der Waals surface area contributed by atoms with E-state index in [0.29, 0.717) is 11.3 Å². The first-order valence-electron chi connectivity index (χ1n) is 5.48. The summed E-state index contributed by atoms with van der Waals surface area (Å²) in [6, 6.07) is 4.03. The van der Waals surface area contributed by atoms with Crippen LogP contribution in [0.3, 0.4) is 0 Å². The number of amides is 2. The fourth-order valence-corrected chi connectivity index (χ4v) is 1.36. The Bertz CT molecular complexity index is 483. The molecule has 2 amide bonds. The molecule has 0 aromatic heterocycles. The van der Waals surface area contributed by atoms with Gasteiger partial charge in [0.05, 0.1) is 5.56 Å². The third kappa shape index (κ3) is 3.62. The Hall–Kier alpha value is -2.30. The Morgan fingerprint density at radius 2 is 2.11 bits per heavy atom. The Kier molecular flexibility index (Phi) is 4.48. The molecule has 0 aliphatic heterocycles. The van der Waals surface area contributed by atoms with E-state index in [9.17, 15) is 9.59 Å². The number of urea groups is 1. The van der Waals surface area contributed by atoms with Crippen LogP contribution >= 0.6 is 0 Å². The van der Waals surface area contributed by atoms with Gasteiger partial charge in [-0.1, -0.05) is 6.08 Å². The second-order valence-corrected chi connectivity index (χ2v) is 3.96. The number of carbonyl (C=O) groups excluding carboxylic acids is 1. The molecule has 0 radical (unpaired) electrons. The first kappa shape index (κ1) is 13.8. The van der Waals surface area contributed by atoms with Crippen molar-refractivity contribution in [1.29, 1.82) is 0 Å². The minimum atomic E-state index is -0.991. The summed E-state index contributed by atoms with van der Waals surface area (Å²) in [4.78, 5) is 22.3. The summed E-state index contributed by atoms with van der Waals surface area (Å²) in [5, 5.41) is 14.1. The third-order valence-corrected chi connectivity index (χ3v) is 2.43. The lowest BCUT2D eigenvalue weighted by atomic mass is 10.1. The molecule has 0 spiro atoms. The zero-order chi connectivity index (χ0) is 13.7. The van der Waals surface area contributed by atoms with Crippen molar-refractivity contribution in [3.05, 3.63) is 42.0 Å². The van der Waals surface area contributed by atoms with Crippen LogP contribution in [0.5, 0.6) is 0 Å². The molecule has 1 aromatic carbocycles. The zero-order valence-corrected chi connectivity index (χ0v) is 10.4. The highest BCUT2D eigenvalue weighted by Gasteiger charge is 2.09. The molecular weight excluding hydrogens is 232 g/mol. The highest BCUT2D eigenvalue weighted by molar-refractivity contribution is 5.92. The third-order valence-electron chi connectivity index (χ3n) is 2.43. The number of rotatable bonds is 4. The minimum absolute atomic E-state index is 0.136. The molecular formula is C13H16N2O3. The van der Waals surface area contributed by atoms with Gasteiger partial charge >= 0.3 is 12.0 Å². The fourth-order valence-electron chi connectivity index (χ4n) is 1.36. The average molecular weight is 248 g/mol. The predicted molar refractivity (Wildman–Crippen MR) is 70.0 cm³/mol. The van der Waals surface area contributed by atoms with E-state index in [-0.39, 0.29) is 17.6 Å². The van der Waals surface area contributed by atoms with Crippen molar-refractivity contribution in [3.8, 4) is 0 Å². The van der Waals surface area contributed by atoms with E-state index in [1.165, 1.54) is 12.1 Å². The molecule has 5 heteroatoms. The summed E-state index contributed by atoms with van der Waals surface area (Å²) in [6.07, 6.45) is 1.61. The molecule has 1 unspecified atom stereocenters. The molecule has 0 aliphatic rings. The molecule has 1 aromatic rings. The molecule has 96 valence electrons. The summed E-state index contributed by atoms with van der Waals surface area (Å²) < 4.78 is 0. The van der Waals surface area contributed by atoms with Crippen molar-refractivity contribution >= 4 is 17.7 Å². The molecule has 3 N–H and O–H groups in total. The van der Waals surface area contributed by atoms with Gasteiger partial charge in [0, 0.05) is 11.7 Å². The van der Waals surface area contributed by atoms with Gasteiger partial charge in [0.15, 0.2) is 0 Å². The van der Waals surface area contributed by atoms with E-state index in [1.807, 2.05) is 0 Å². The summed E-state index contributed by atoms with van der Waals surface area (Å²) >= 11 is 0. The number of benzene rings is 1. The fraction of sp³-hybridized carbons (Fsp3) is 0.231. The standard InChI is InChI=1S/C13H16N2O3/c1-4-9(3)14-13(18)15-11-6-5-10(12(16)17)7-8(11)2/h4-7,9H,1H2,2-3H3,(H,16,17)(H2,14,15,18). The van der Waals surface area contributed by atoms with Crippen LogP contribution in [-0.2, 0) is 0 Å². The van der Waals surface area contributed by atoms with Crippen LogP contribution in [0.4, 0.5) is 10.5 Å². The van der Waals surface area contributed by atoms with E-state index < -0.39 is 5.97 Å². The lowest BCUT2D eigenvalue weighted by Gasteiger charge is -2.12. The van der Waals surface area contributed by atoms with Crippen LogP contribution in [0.2, 0.25) is 0 Å². The maximum Gasteiger partial charge on any atom is 0.335 e. The second-order valence-electron chi connectivity index (χ2n) is 3.96. The number of anilines is 1. The van der Waals surface area contributed by atoms with Crippen LogP contribution < -0.4 is 10.6 Å². The number of aryl methyl sites for hydroxylation is 1. The predicted octanol–water partition coefficient (Wildman–Crippen LogP) is 2.39. The van der Waals surface area contributed by atoms with E-state index in [2.05, 4.69) is 17.2 Å². The van der Waals surface area contributed by atoms with E-state index in [1.54, 1.807) is 26.0 Å². The first-order chi connectivity index (χ1) is 8.43. The van der Waals surface area contributed by atoms with Crippen LogP contribution in [0.25, 0.3) is 0 Å². The van der Waals surface area contributed by atoms with Gasteiger partial charge in [-0.2, -0.15) is 0 Å². The SMILES string of the molecule is C=CC(C)NC(=O)Nc1ccc(C(=O)O)cc1C. The van der Waals surface area contributed by atoms with Crippen LogP contribution in [0.15, 0.2) is 30.9 Å². The first-order valence-corrected chi connectivity index (χ1v) is 5.48. The van der Waals surface area contributed by atoms with E-state index >= 15 is 0 Å². The maximum atomic E-state index is 11.6. The Balaban J connectivity index is 2.76. The molecule has 0 saturated heterocycles. The molecule has 1 rings (SSSR count). The molecule has 0 fully saturated rings. The van der Waals surface area contributed by atoms with Gasteiger partial charge in [-0.3, -0.25) is 0 Å². The van der Waals surface area contributed by atoms with Crippen LogP contribution in [0.1, 0.15) is 22.8 Å². The summed E-state index contributed by atoms with van der Waals surface area (Å²) in [5.41, 5.74) is 1.46. The van der Waals surface area contributed by atoms with Gasteiger partial charge in [-0.05, 0) is 37.6 Å². The largest absolute Gasteiger partial charge is 0.478 e. The Morgan fingerprint density at radius 1 is 1.44 bits per heavy atom. The van der Waals surface area contributed by atoms with E-state index in [4.69, 9.17) is 5.11 Å². The molecule has 0 aliphatic carbocycles. The van der Waals surface area contributed by atoms with Gasteiger partial charge in [-0.25, -0.2) is 9.59 Å². The van der Waals surface area contributed by atoms with Crippen LogP contribution in [-0.4, -0.2) is 23.1 Å². The van der Waals surface area contributed by atoms with Gasteiger partial charge < -0.3 is 15.7 Å². The van der Waals surface area contributed by atoms with Crippen LogP contribution in [0, 0.1) is 6.92 Å². The van der Waals surface area contributed by atoms with Crippen molar-refractivity contribution in [2.45, 2.75) is 19.9 Å². The topological polar surface area (TPSA) is 78.4 Å². The normalized spacial score (nSPS) is 11.4. The highest BCUT2D eigenvalue weighted by Crippen LogP contribution is 2.16.